The molecule has 39 heavy (non-hydrogen) atoms. The van der Waals surface area contributed by atoms with Crippen molar-refractivity contribution in [2.45, 2.75) is 56.6 Å². The SMILES string of the molecule is CCC1(CC)CC(NC(=O)CN(c2ccc(C)cc2)S(=O)(=O)c2ccc(OC)c(OC)c2)c2ccccc2O1. The molecule has 1 heterocycles. The lowest BCUT2D eigenvalue weighted by Crippen LogP contribution is -2.47. The number of anilines is 1. The van der Waals surface area contributed by atoms with Crippen LogP contribution in [0, 0.1) is 6.92 Å². The smallest absolute Gasteiger partial charge is 0.264 e. The average molecular weight is 553 g/mol. The predicted molar refractivity (Wildman–Crippen MR) is 151 cm³/mol. The fourth-order valence-corrected chi connectivity index (χ4v) is 6.37. The van der Waals surface area contributed by atoms with Crippen LogP contribution in [0.15, 0.2) is 71.6 Å². The number of nitrogens with zero attached hydrogens (tertiary/aromatic N) is 1. The number of aryl methyl sites for hydroxylation is 1. The third kappa shape index (κ3) is 5.83. The van der Waals surface area contributed by atoms with Crippen LogP contribution in [0.2, 0.25) is 0 Å². The summed E-state index contributed by atoms with van der Waals surface area (Å²) in [5.41, 5.74) is 1.83. The molecule has 1 atom stereocenters. The second kappa shape index (κ2) is 11.6. The molecule has 0 saturated carbocycles. The van der Waals surface area contributed by atoms with E-state index in [1.807, 2.05) is 43.3 Å². The minimum absolute atomic E-state index is 0.0130. The molecule has 3 aromatic carbocycles. The molecule has 1 amide bonds. The van der Waals surface area contributed by atoms with Gasteiger partial charge >= 0.3 is 0 Å². The van der Waals surface area contributed by atoms with E-state index in [9.17, 15) is 13.2 Å². The third-order valence-electron chi connectivity index (χ3n) is 7.37. The zero-order valence-electron chi connectivity index (χ0n) is 23.1. The summed E-state index contributed by atoms with van der Waals surface area (Å²) in [5.74, 6) is 1.01. The van der Waals surface area contributed by atoms with Crippen LogP contribution in [-0.4, -0.2) is 40.7 Å². The Bertz CT molecular complexity index is 1420. The Balaban J connectivity index is 1.68. The first-order valence-electron chi connectivity index (χ1n) is 13.0. The van der Waals surface area contributed by atoms with Crippen molar-refractivity contribution in [2.24, 2.45) is 0 Å². The van der Waals surface area contributed by atoms with Crippen molar-refractivity contribution in [3.8, 4) is 17.2 Å². The highest BCUT2D eigenvalue weighted by Gasteiger charge is 2.39. The van der Waals surface area contributed by atoms with Gasteiger partial charge in [0.2, 0.25) is 5.91 Å². The molecule has 8 nitrogen and oxygen atoms in total. The maximum atomic E-state index is 13.9. The number of fused-ring (bicyclic) bond motifs is 1. The van der Waals surface area contributed by atoms with Gasteiger partial charge in [-0.1, -0.05) is 49.7 Å². The number of amides is 1. The quantitative estimate of drug-likeness (QED) is 0.362. The van der Waals surface area contributed by atoms with Gasteiger partial charge < -0.3 is 19.5 Å². The summed E-state index contributed by atoms with van der Waals surface area (Å²) in [6.45, 7) is 5.67. The van der Waals surface area contributed by atoms with Gasteiger partial charge in [0.25, 0.3) is 10.0 Å². The molecular weight excluding hydrogens is 516 g/mol. The highest BCUT2D eigenvalue weighted by atomic mass is 32.2. The molecule has 0 spiro atoms. The molecule has 1 unspecified atom stereocenters. The number of carbonyl (C=O) groups is 1. The van der Waals surface area contributed by atoms with Gasteiger partial charge in [0.15, 0.2) is 11.5 Å². The van der Waals surface area contributed by atoms with Gasteiger partial charge in [0, 0.05) is 18.1 Å². The Morgan fingerprint density at radius 1 is 1.00 bits per heavy atom. The van der Waals surface area contributed by atoms with Crippen molar-refractivity contribution in [2.75, 3.05) is 25.1 Å². The lowest BCUT2D eigenvalue weighted by molar-refractivity contribution is -0.121. The number of hydrogen-bond acceptors (Lipinski definition) is 6. The number of ether oxygens (including phenoxy) is 3. The van der Waals surface area contributed by atoms with Crippen LogP contribution in [0.3, 0.4) is 0 Å². The molecule has 0 bridgehead atoms. The maximum absolute atomic E-state index is 13.9. The van der Waals surface area contributed by atoms with Crippen molar-refractivity contribution in [3.63, 3.8) is 0 Å². The Morgan fingerprint density at radius 3 is 2.31 bits per heavy atom. The average Bonchev–Trinajstić information content (AvgIpc) is 2.95. The molecule has 0 radical (unpaired) electrons. The van der Waals surface area contributed by atoms with Crippen LogP contribution in [0.4, 0.5) is 5.69 Å². The van der Waals surface area contributed by atoms with E-state index in [1.165, 1.54) is 32.4 Å². The zero-order chi connectivity index (χ0) is 28.2. The molecule has 0 aliphatic carbocycles. The van der Waals surface area contributed by atoms with E-state index in [1.54, 1.807) is 12.1 Å². The number of rotatable bonds is 10. The number of methoxy groups -OCH3 is 2. The van der Waals surface area contributed by atoms with Crippen molar-refractivity contribution >= 4 is 21.6 Å². The Kier molecular flexibility index (Phi) is 8.39. The number of carbonyl (C=O) groups excluding carboxylic acids is 1. The molecule has 1 aliphatic rings. The van der Waals surface area contributed by atoms with Crippen LogP contribution in [0.5, 0.6) is 17.2 Å². The summed E-state index contributed by atoms with van der Waals surface area (Å²) >= 11 is 0. The normalized spacial score (nSPS) is 16.0. The summed E-state index contributed by atoms with van der Waals surface area (Å²) in [6, 6.07) is 18.8. The standard InChI is InChI=1S/C30H36N2O6S/c1-6-30(7-2)19-25(24-10-8-9-11-26(24)38-30)31-29(33)20-32(22-14-12-21(3)13-15-22)39(34,35)23-16-17-27(36-4)28(18-23)37-5/h8-18,25H,6-7,19-20H2,1-5H3,(H,31,33). The van der Waals surface area contributed by atoms with E-state index in [-0.39, 0.29) is 16.7 Å². The van der Waals surface area contributed by atoms with Crippen LogP contribution in [-0.2, 0) is 14.8 Å². The second-order valence-corrected chi connectivity index (χ2v) is 11.6. The fraction of sp³-hybridized carbons (Fsp3) is 0.367. The summed E-state index contributed by atoms with van der Waals surface area (Å²) in [7, 11) is -1.22. The van der Waals surface area contributed by atoms with E-state index in [2.05, 4.69) is 19.2 Å². The fourth-order valence-electron chi connectivity index (χ4n) is 4.93. The van der Waals surface area contributed by atoms with E-state index >= 15 is 0 Å². The number of benzene rings is 3. The molecule has 0 aromatic heterocycles. The molecule has 3 aromatic rings. The van der Waals surface area contributed by atoms with E-state index < -0.39 is 28.1 Å². The van der Waals surface area contributed by atoms with Gasteiger partial charge in [-0.2, -0.15) is 0 Å². The minimum atomic E-state index is -4.14. The molecule has 4 rings (SSSR count). The summed E-state index contributed by atoms with van der Waals surface area (Å²) in [6.07, 6.45) is 2.16. The van der Waals surface area contributed by atoms with Gasteiger partial charge in [0.05, 0.1) is 30.8 Å². The van der Waals surface area contributed by atoms with E-state index in [4.69, 9.17) is 14.2 Å². The van der Waals surface area contributed by atoms with Crippen molar-refractivity contribution in [3.05, 3.63) is 77.9 Å². The highest BCUT2D eigenvalue weighted by Crippen LogP contribution is 2.42. The van der Waals surface area contributed by atoms with Gasteiger partial charge in [0.1, 0.15) is 17.9 Å². The van der Waals surface area contributed by atoms with Crippen LogP contribution in [0.1, 0.15) is 50.3 Å². The van der Waals surface area contributed by atoms with Gasteiger partial charge in [-0.05, 0) is 50.1 Å². The summed E-state index contributed by atoms with van der Waals surface area (Å²) in [4.78, 5) is 13.5. The third-order valence-corrected chi connectivity index (χ3v) is 9.14. The lowest BCUT2D eigenvalue weighted by atomic mass is 9.83. The number of para-hydroxylation sites is 1. The maximum Gasteiger partial charge on any atom is 0.264 e. The molecular formula is C30H36N2O6S. The van der Waals surface area contributed by atoms with E-state index in [0.717, 1.165) is 34.0 Å². The Hall–Kier alpha value is -3.72. The zero-order valence-corrected chi connectivity index (χ0v) is 23.9. The van der Waals surface area contributed by atoms with Crippen molar-refractivity contribution in [1.29, 1.82) is 0 Å². The highest BCUT2D eigenvalue weighted by molar-refractivity contribution is 7.92. The predicted octanol–water partition coefficient (Wildman–Crippen LogP) is 5.41. The minimum Gasteiger partial charge on any atom is -0.493 e. The first-order chi connectivity index (χ1) is 18.7. The number of sulfonamides is 1. The molecule has 208 valence electrons. The van der Waals surface area contributed by atoms with Gasteiger partial charge in [-0.15, -0.1) is 0 Å². The monoisotopic (exact) mass is 552 g/mol. The van der Waals surface area contributed by atoms with Crippen LogP contribution < -0.4 is 23.8 Å². The molecule has 0 saturated heterocycles. The largest absolute Gasteiger partial charge is 0.493 e. The molecule has 1 aliphatic heterocycles. The van der Waals surface area contributed by atoms with E-state index in [0.29, 0.717) is 17.9 Å². The molecule has 0 fully saturated rings. The topological polar surface area (TPSA) is 94.2 Å². The summed E-state index contributed by atoms with van der Waals surface area (Å²) < 4.78 is 46.0. The van der Waals surface area contributed by atoms with Gasteiger partial charge in [-0.3, -0.25) is 9.10 Å². The summed E-state index contributed by atoms with van der Waals surface area (Å²) in [5, 5.41) is 3.10. The first-order valence-corrected chi connectivity index (χ1v) is 14.5. The molecule has 1 N–H and O–H groups in total. The Morgan fingerprint density at radius 2 is 1.67 bits per heavy atom. The van der Waals surface area contributed by atoms with Crippen LogP contribution in [0.25, 0.3) is 0 Å². The molecule has 9 heteroatoms. The van der Waals surface area contributed by atoms with Gasteiger partial charge in [-0.25, -0.2) is 8.42 Å². The first kappa shape index (κ1) is 28.3. The van der Waals surface area contributed by atoms with Crippen molar-refractivity contribution in [1.82, 2.24) is 5.32 Å². The lowest BCUT2D eigenvalue weighted by Gasteiger charge is -2.41. The van der Waals surface area contributed by atoms with Crippen molar-refractivity contribution < 1.29 is 27.4 Å². The Labute approximate surface area is 230 Å². The van der Waals surface area contributed by atoms with Crippen LogP contribution >= 0.6 is 0 Å². The number of hydrogen-bond donors (Lipinski definition) is 1. The second-order valence-electron chi connectivity index (χ2n) is 9.72. The number of nitrogens with one attached hydrogen (secondary N) is 1.